The summed E-state index contributed by atoms with van der Waals surface area (Å²) in [7, 11) is 0. The zero-order valence-electron chi connectivity index (χ0n) is 7.42. The van der Waals surface area contributed by atoms with E-state index in [0.717, 1.165) is 16.7 Å². The van der Waals surface area contributed by atoms with E-state index in [1.165, 1.54) is 0 Å². The van der Waals surface area contributed by atoms with Gasteiger partial charge < -0.3 is 0 Å². The van der Waals surface area contributed by atoms with Gasteiger partial charge in [0.05, 0.1) is 4.92 Å². The van der Waals surface area contributed by atoms with Crippen molar-refractivity contribution < 1.29 is 4.92 Å². The van der Waals surface area contributed by atoms with Crippen LogP contribution in [-0.2, 0) is 0 Å². The first kappa shape index (κ1) is 8.71. The van der Waals surface area contributed by atoms with Crippen molar-refractivity contribution in [1.82, 2.24) is 0 Å². The van der Waals surface area contributed by atoms with Crippen molar-refractivity contribution in [2.24, 2.45) is 0 Å². The predicted molar refractivity (Wildman–Crippen MR) is 47.3 cm³/mol. The number of benzene rings is 1. The van der Waals surface area contributed by atoms with E-state index in [0.29, 0.717) is 0 Å². The highest BCUT2D eigenvalue weighted by molar-refractivity contribution is 5.48. The fraction of sp³-hybridized carbons (Fsp3) is 0.333. The molecule has 0 radical (unpaired) electrons. The molecule has 0 aliphatic heterocycles. The zero-order valence-corrected chi connectivity index (χ0v) is 7.42. The lowest BCUT2D eigenvalue weighted by Crippen LogP contribution is -1.95. The zero-order chi connectivity index (χ0) is 9.30. The molecular weight excluding hydrogens is 155 g/mol. The maximum Gasteiger partial charge on any atom is 0.275 e. The highest BCUT2D eigenvalue weighted by atomic mass is 16.6. The van der Waals surface area contributed by atoms with Crippen molar-refractivity contribution in [2.45, 2.75) is 20.8 Å². The van der Waals surface area contributed by atoms with Gasteiger partial charge in [-0.3, -0.25) is 10.1 Å². The molecule has 3 nitrogen and oxygen atoms in total. The van der Waals surface area contributed by atoms with E-state index < -0.39 is 0 Å². The molecule has 12 heavy (non-hydrogen) atoms. The van der Waals surface area contributed by atoms with Crippen molar-refractivity contribution in [1.29, 1.82) is 0 Å². The first-order valence-electron chi connectivity index (χ1n) is 3.74. The summed E-state index contributed by atoms with van der Waals surface area (Å²) in [5.74, 6) is 0. The summed E-state index contributed by atoms with van der Waals surface area (Å²) in [6.07, 6.45) is 0. The summed E-state index contributed by atoms with van der Waals surface area (Å²) in [6.45, 7) is 5.46. The molecule has 0 aliphatic rings. The van der Waals surface area contributed by atoms with Gasteiger partial charge >= 0.3 is 0 Å². The van der Waals surface area contributed by atoms with Gasteiger partial charge in [-0.15, -0.1) is 0 Å². The molecule has 0 unspecified atom stereocenters. The summed E-state index contributed by atoms with van der Waals surface area (Å²) in [5.41, 5.74) is 2.77. The average molecular weight is 166 g/mol. The van der Waals surface area contributed by atoms with Crippen LogP contribution in [0.4, 0.5) is 5.69 Å². The monoisotopic (exact) mass is 166 g/mol. The van der Waals surface area contributed by atoms with Gasteiger partial charge in [-0.25, -0.2) is 0 Å². The number of aryl methyl sites for hydroxylation is 3. The lowest BCUT2D eigenvalue weighted by atomic mass is 10.2. The quantitative estimate of drug-likeness (QED) is 0.475. The number of nitro benzene ring substituents is 1. The van der Waals surface area contributed by atoms with E-state index >= 15 is 0 Å². The summed E-state index contributed by atoms with van der Waals surface area (Å²) in [5, 5.41) is 10.6. The molecule has 64 valence electrons. The molecule has 0 aromatic heterocycles. The topological polar surface area (TPSA) is 43.1 Å². The highest BCUT2D eigenvalue weighted by Crippen LogP contribution is 2.23. The van der Waals surface area contributed by atoms with Crippen LogP contribution in [-0.4, -0.2) is 4.92 Å². The van der Waals surface area contributed by atoms with Crippen molar-refractivity contribution >= 4 is 5.69 Å². The molecule has 0 N–H and O–H groups in total. The maximum absolute atomic E-state index is 10.6. The third kappa shape index (κ3) is 1.44. The fourth-order valence-electron chi connectivity index (χ4n) is 1.46. The van der Waals surface area contributed by atoms with Gasteiger partial charge in [0, 0.05) is 11.1 Å². The fourth-order valence-corrected chi connectivity index (χ4v) is 1.46. The van der Waals surface area contributed by atoms with E-state index in [1.54, 1.807) is 13.8 Å². The molecule has 0 saturated heterocycles. The normalized spacial score (nSPS) is 9.92. The molecule has 1 aromatic rings. The van der Waals surface area contributed by atoms with Crippen LogP contribution in [0.5, 0.6) is 0 Å². The van der Waals surface area contributed by atoms with Crippen molar-refractivity contribution in [3.05, 3.63) is 38.9 Å². The molecule has 0 bridgehead atoms. The van der Waals surface area contributed by atoms with Crippen molar-refractivity contribution in [2.75, 3.05) is 0 Å². The Morgan fingerprint density at radius 1 is 1.17 bits per heavy atom. The van der Waals surface area contributed by atoms with E-state index in [2.05, 4.69) is 0 Å². The molecule has 0 saturated carbocycles. The van der Waals surface area contributed by atoms with Gasteiger partial charge in [0.1, 0.15) is 0 Å². The summed E-state index contributed by atoms with van der Waals surface area (Å²) >= 11 is 0. The molecule has 0 fully saturated rings. The summed E-state index contributed by atoms with van der Waals surface area (Å²) in [4.78, 5) is 10.2. The maximum atomic E-state index is 10.6. The first-order valence-corrected chi connectivity index (χ1v) is 3.74. The average Bonchev–Trinajstić information content (AvgIpc) is 1.82. The second kappa shape index (κ2) is 2.93. The second-order valence-electron chi connectivity index (χ2n) is 3.00. The minimum atomic E-state index is -0.329. The first-order chi connectivity index (χ1) is 5.52. The Morgan fingerprint density at radius 3 is 1.92 bits per heavy atom. The lowest BCUT2D eigenvalue weighted by Gasteiger charge is -2.01. The molecule has 0 heterocycles. The number of nitro groups is 1. The molecule has 0 aliphatic carbocycles. The van der Waals surface area contributed by atoms with Gasteiger partial charge in [0.25, 0.3) is 5.69 Å². The Hall–Kier alpha value is -1.38. The highest BCUT2D eigenvalue weighted by Gasteiger charge is 2.13. The Balaban J connectivity index is 3.38. The third-order valence-corrected chi connectivity index (χ3v) is 1.82. The Bertz CT molecular complexity index is 308. The number of hydrogen-bond donors (Lipinski definition) is 0. The second-order valence-corrected chi connectivity index (χ2v) is 3.00. The SMILES string of the molecule is Cc1cc(C)[13c]([N+](=O)[O-])c(C)c1. The molecule has 0 spiro atoms. The standard InChI is InChI=1S/C9H11NO2/c1-6-4-7(2)9(10(11)12)8(3)5-6/h4-5H,1-3H3/i9+1. The van der Waals surface area contributed by atoms with E-state index in [4.69, 9.17) is 0 Å². The minimum absolute atomic E-state index is 0.237. The van der Waals surface area contributed by atoms with E-state index in [9.17, 15) is 10.1 Å². The Morgan fingerprint density at radius 2 is 1.58 bits per heavy atom. The molecule has 1 rings (SSSR count). The minimum Gasteiger partial charge on any atom is -0.258 e. The van der Waals surface area contributed by atoms with Crippen LogP contribution in [0.15, 0.2) is 12.1 Å². The van der Waals surface area contributed by atoms with E-state index in [1.807, 2.05) is 19.1 Å². The van der Waals surface area contributed by atoms with Crippen LogP contribution in [0.25, 0.3) is 0 Å². The largest absolute Gasteiger partial charge is 0.275 e. The Kier molecular flexibility index (Phi) is 2.13. The lowest BCUT2D eigenvalue weighted by molar-refractivity contribution is -0.386. The van der Waals surface area contributed by atoms with Crippen molar-refractivity contribution in [3.63, 3.8) is 0 Å². The van der Waals surface area contributed by atoms with Crippen LogP contribution >= 0.6 is 0 Å². The molecule has 0 amide bonds. The molecule has 1 aromatic carbocycles. The summed E-state index contributed by atoms with van der Waals surface area (Å²) in [6, 6.07) is 3.65. The summed E-state index contributed by atoms with van der Waals surface area (Å²) < 4.78 is 0. The third-order valence-electron chi connectivity index (χ3n) is 1.82. The van der Waals surface area contributed by atoms with Crippen molar-refractivity contribution in [3.8, 4) is 0 Å². The number of rotatable bonds is 1. The van der Waals surface area contributed by atoms with Gasteiger partial charge in [-0.1, -0.05) is 5.56 Å². The van der Waals surface area contributed by atoms with Gasteiger partial charge in [0.15, 0.2) is 0 Å². The van der Waals surface area contributed by atoms with Crippen LogP contribution in [0.3, 0.4) is 0 Å². The molecular formula is C9H11NO2. The van der Waals surface area contributed by atoms with Gasteiger partial charge in [-0.2, -0.15) is 0 Å². The van der Waals surface area contributed by atoms with E-state index in [-0.39, 0.29) is 10.6 Å². The number of nitrogens with zero attached hydrogens (tertiary/aromatic N) is 1. The number of hydrogen-bond acceptors (Lipinski definition) is 2. The molecule has 0 atom stereocenters. The van der Waals surface area contributed by atoms with Crippen LogP contribution < -0.4 is 0 Å². The smallest absolute Gasteiger partial charge is 0.258 e. The van der Waals surface area contributed by atoms with Crippen LogP contribution in [0.1, 0.15) is 16.7 Å². The van der Waals surface area contributed by atoms with Gasteiger partial charge in [0.2, 0.25) is 0 Å². The van der Waals surface area contributed by atoms with Crippen LogP contribution in [0.2, 0.25) is 0 Å². The molecule has 3 heteroatoms. The van der Waals surface area contributed by atoms with Gasteiger partial charge in [-0.05, 0) is 32.9 Å². The Labute approximate surface area is 71.2 Å². The predicted octanol–water partition coefficient (Wildman–Crippen LogP) is 2.52. The van der Waals surface area contributed by atoms with Crippen LogP contribution in [0, 0.1) is 30.9 Å².